The van der Waals surface area contributed by atoms with Crippen molar-refractivity contribution in [3.63, 3.8) is 0 Å². The molecule has 0 bridgehead atoms. The molecule has 4 rings (SSSR count). The van der Waals surface area contributed by atoms with Gasteiger partial charge in [-0.25, -0.2) is 10.4 Å². The fourth-order valence-electron chi connectivity index (χ4n) is 4.40. The molecule has 216 valence electrons. The van der Waals surface area contributed by atoms with Crippen LogP contribution in [-0.2, 0) is 16.0 Å². The number of benzene rings is 3. The van der Waals surface area contributed by atoms with Crippen LogP contribution in [0.2, 0.25) is 20.1 Å². The van der Waals surface area contributed by atoms with E-state index in [4.69, 9.17) is 66.0 Å². The Morgan fingerprint density at radius 3 is 2.41 bits per heavy atom. The summed E-state index contributed by atoms with van der Waals surface area (Å²) in [7, 11) is 0. The van der Waals surface area contributed by atoms with Gasteiger partial charge in [0, 0.05) is 57.2 Å². The van der Waals surface area contributed by atoms with Crippen molar-refractivity contribution in [2.45, 2.75) is 30.9 Å². The van der Waals surface area contributed by atoms with Crippen LogP contribution in [0.5, 0.6) is 5.75 Å². The third-order valence-electron chi connectivity index (χ3n) is 6.47. The molecule has 0 saturated heterocycles. The molecular weight excluding hydrogens is 608 g/mol. The number of amides is 1. The molecule has 41 heavy (non-hydrogen) atoms. The van der Waals surface area contributed by atoms with Crippen molar-refractivity contribution < 1.29 is 19.4 Å². The van der Waals surface area contributed by atoms with E-state index in [0.29, 0.717) is 63.0 Å². The number of halogens is 4. The lowest BCUT2D eigenvalue weighted by molar-refractivity contribution is -0.129. The number of carbonyl (C=O) groups excluding carboxylic acids is 1. The van der Waals surface area contributed by atoms with Crippen molar-refractivity contribution in [1.82, 2.24) is 10.9 Å². The zero-order chi connectivity index (χ0) is 29.4. The van der Waals surface area contributed by atoms with E-state index in [1.54, 1.807) is 60.7 Å². The first-order valence-corrected chi connectivity index (χ1v) is 14.4. The lowest BCUT2D eigenvalue weighted by Gasteiger charge is -2.30. The second-order valence-electron chi connectivity index (χ2n) is 9.31. The Morgan fingerprint density at radius 1 is 1.05 bits per heavy atom. The van der Waals surface area contributed by atoms with Gasteiger partial charge in [0.2, 0.25) is 5.90 Å². The number of aliphatic hydroxyl groups is 1. The molecule has 1 aliphatic rings. The van der Waals surface area contributed by atoms with E-state index in [-0.39, 0.29) is 18.9 Å². The molecule has 1 aliphatic heterocycles. The van der Waals surface area contributed by atoms with Crippen LogP contribution in [0.3, 0.4) is 0 Å². The van der Waals surface area contributed by atoms with E-state index in [0.717, 1.165) is 5.56 Å². The number of hydrogen-bond acceptors (Lipinski definition) is 6. The highest BCUT2D eigenvalue weighted by Gasteiger charge is 2.53. The molecule has 2 atom stereocenters. The fourth-order valence-corrected chi connectivity index (χ4v) is 5.41. The molecule has 0 radical (unpaired) electrons. The summed E-state index contributed by atoms with van der Waals surface area (Å²) >= 11 is 25.0. The Balaban J connectivity index is 1.59. The minimum atomic E-state index is -1.42. The van der Waals surface area contributed by atoms with Gasteiger partial charge in [-0.3, -0.25) is 10.2 Å². The largest absolute Gasteiger partial charge is 0.494 e. The van der Waals surface area contributed by atoms with Gasteiger partial charge >= 0.3 is 0 Å². The highest BCUT2D eigenvalue weighted by molar-refractivity contribution is 6.35. The lowest BCUT2D eigenvalue weighted by atomic mass is 9.84. The van der Waals surface area contributed by atoms with Crippen LogP contribution in [0.25, 0.3) is 0 Å². The summed E-state index contributed by atoms with van der Waals surface area (Å²) in [5.74, 6) is 0.487. The van der Waals surface area contributed by atoms with Gasteiger partial charge in [0.25, 0.3) is 5.91 Å². The van der Waals surface area contributed by atoms with Gasteiger partial charge in [0.1, 0.15) is 5.75 Å². The Morgan fingerprint density at radius 2 is 1.76 bits per heavy atom. The molecule has 1 heterocycles. The zero-order valence-electron chi connectivity index (χ0n) is 22.0. The van der Waals surface area contributed by atoms with Crippen LogP contribution in [0.1, 0.15) is 35.6 Å². The maximum atomic E-state index is 13.9. The molecule has 0 spiro atoms. The lowest BCUT2D eigenvalue weighted by Crippen LogP contribution is -2.52. The van der Waals surface area contributed by atoms with E-state index < -0.39 is 17.6 Å². The third-order valence-corrected chi connectivity index (χ3v) is 7.62. The third kappa shape index (κ3) is 7.55. The average Bonchev–Trinajstić information content (AvgIpc) is 3.33. The number of rotatable bonds is 13. The monoisotopic (exact) mass is 635 g/mol. The van der Waals surface area contributed by atoms with Gasteiger partial charge in [-0.05, 0) is 60.5 Å². The van der Waals surface area contributed by atoms with Crippen LogP contribution in [0.15, 0.2) is 78.3 Å². The Hall–Kier alpha value is -2.78. The topological polar surface area (TPSA) is 92.2 Å². The zero-order valence-corrected chi connectivity index (χ0v) is 25.0. The molecule has 3 aromatic rings. The van der Waals surface area contributed by atoms with Crippen molar-refractivity contribution in [3.05, 3.63) is 110 Å². The summed E-state index contributed by atoms with van der Waals surface area (Å²) in [5, 5.41) is 10.9. The maximum Gasteiger partial charge on any atom is 0.266 e. The van der Waals surface area contributed by atoms with Crippen LogP contribution in [0.4, 0.5) is 0 Å². The predicted octanol–water partition coefficient (Wildman–Crippen LogP) is 6.76. The first-order valence-electron chi connectivity index (χ1n) is 12.9. The summed E-state index contributed by atoms with van der Waals surface area (Å²) in [6.45, 7) is 4.72. The van der Waals surface area contributed by atoms with Gasteiger partial charge in [-0.15, -0.1) is 6.58 Å². The van der Waals surface area contributed by atoms with Crippen LogP contribution < -0.4 is 15.6 Å². The van der Waals surface area contributed by atoms with Gasteiger partial charge in [-0.2, -0.15) is 0 Å². The summed E-state index contributed by atoms with van der Waals surface area (Å²) in [4.78, 5) is 18.7. The summed E-state index contributed by atoms with van der Waals surface area (Å²) in [6, 6.07) is 17.4. The molecule has 0 unspecified atom stereocenters. The van der Waals surface area contributed by atoms with E-state index in [9.17, 15) is 4.79 Å². The van der Waals surface area contributed by atoms with E-state index in [1.807, 2.05) is 6.07 Å². The molecule has 0 aliphatic carbocycles. The molecule has 11 heteroatoms. The van der Waals surface area contributed by atoms with Gasteiger partial charge < -0.3 is 14.6 Å². The van der Waals surface area contributed by atoms with E-state index in [1.165, 1.54) is 0 Å². The smallest absolute Gasteiger partial charge is 0.266 e. The predicted molar refractivity (Wildman–Crippen MR) is 164 cm³/mol. The average molecular weight is 637 g/mol. The van der Waals surface area contributed by atoms with Gasteiger partial charge in [-0.1, -0.05) is 64.6 Å². The highest BCUT2D eigenvalue weighted by atomic mass is 35.5. The maximum absolute atomic E-state index is 13.9. The number of nitrogens with zero attached hydrogens (tertiary/aromatic N) is 1. The molecule has 7 nitrogen and oxygen atoms in total. The summed E-state index contributed by atoms with van der Waals surface area (Å²) in [6.07, 6.45) is 2.00. The quantitative estimate of drug-likeness (QED) is 0.110. The number of hydrazine groups is 1. The number of hydrogen-bond donors (Lipinski definition) is 3. The first-order chi connectivity index (χ1) is 19.8. The number of aliphatic imine (C=N–C) groups is 1. The van der Waals surface area contributed by atoms with Crippen molar-refractivity contribution in [2.24, 2.45) is 4.99 Å². The number of nitrogens with one attached hydrogen (secondary N) is 2. The number of aliphatic hydroxyl groups excluding tert-OH is 1. The molecule has 3 N–H and O–H groups in total. The number of ether oxygens (including phenoxy) is 2. The molecule has 0 fully saturated rings. The minimum Gasteiger partial charge on any atom is -0.494 e. The normalized spacial score (nSPS) is 18.0. The Kier molecular flexibility index (Phi) is 10.9. The first kappa shape index (κ1) is 31.2. The molecular formula is C30H29Cl4N3O4. The molecule has 3 aromatic carbocycles. The van der Waals surface area contributed by atoms with E-state index >= 15 is 0 Å². The van der Waals surface area contributed by atoms with Crippen molar-refractivity contribution in [3.8, 4) is 5.75 Å². The highest BCUT2D eigenvalue weighted by Crippen LogP contribution is 2.45. The fraction of sp³-hybridized carbons (Fsp3) is 0.267. The van der Waals surface area contributed by atoms with Crippen molar-refractivity contribution in [1.29, 1.82) is 0 Å². The van der Waals surface area contributed by atoms with Crippen LogP contribution >= 0.6 is 46.4 Å². The minimum absolute atomic E-state index is 0.0502. The molecule has 0 aromatic heterocycles. The summed E-state index contributed by atoms with van der Waals surface area (Å²) < 4.78 is 12.0. The standard InChI is InChI=1S/C30H29Cl4N3O4/c1-2-13-30(29(39)37-35-14-12-19-4-7-21(31)17-25(19)33)27(24-11-8-22(32)18-26(24)34)41-28(36-30)20-5-9-23(10-6-20)40-16-3-15-38/h2,4-11,17-18,27,35,38H,1,3,12-16H2,(H,37,39)/t27-,30-/m0/s1. The van der Waals surface area contributed by atoms with Crippen molar-refractivity contribution in [2.75, 3.05) is 19.8 Å². The second kappa shape index (κ2) is 14.4. The Labute approximate surface area is 259 Å². The number of carbonyl (C=O) groups is 1. The van der Waals surface area contributed by atoms with Gasteiger partial charge in [0.05, 0.1) is 6.61 Å². The van der Waals surface area contributed by atoms with Crippen LogP contribution in [0, 0.1) is 0 Å². The SMILES string of the molecule is C=CC[C@]1(C(=O)NNCCc2ccc(Cl)cc2Cl)N=C(c2ccc(OCCCO)cc2)O[C@H]1c1ccc(Cl)cc1Cl. The molecule has 0 saturated carbocycles. The van der Waals surface area contributed by atoms with Crippen molar-refractivity contribution >= 4 is 58.2 Å². The molecule has 1 amide bonds. The summed E-state index contributed by atoms with van der Waals surface area (Å²) in [5.41, 5.74) is 6.44. The van der Waals surface area contributed by atoms with Crippen LogP contribution in [-0.4, -0.2) is 42.2 Å². The Bertz CT molecular complexity index is 1420. The van der Waals surface area contributed by atoms with E-state index in [2.05, 4.69) is 17.4 Å². The second-order valence-corrected chi connectivity index (χ2v) is 11.0. The van der Waals surface area contributed by atoms with Gasteiger partial charge in [0.15, 0.2) is 11.6 Å².